The van der Waals surface area contributed by atoms with E-state index >= 15 is 0 Å². The van der Waals surface area contributed by atoms with E-state index in [0.717, 1.165) is 21.9 Å². The number of carbonyl (C=O) groups is 1. The number of rotatable bonds is 6. The van der Waals surface area contributed by atoms with Gasteiger partial charge < -0.3 is 19.5 Å². The maximum absolute atomic E-state index is 12.6. The molecule has 0 unspecified atom stereocenters. The quantitative estimate of drug-likeness (QED) is 0.682. The van der Waals surface area contributed by atoms with E-state index in [0.29, 0.717) is 22.9 Å². The third kappa shape index (κ3) is 4.03. The van der Waals surface area contributed by atoms with Crippen molar-refractivity contribution in [1.82, 2.24) is 4.98 Å². The van der Waals surface area contributed by atoms with E-state index in [2.05, 4.69) is 10.3 Å². The molecular formula is C20H20N2O4S. The molecule has 0 bridgehead atoms. The molecular weight excluding hydrogens is 364 g/mol. The Hall–Kier alpha value is -3.06. The Morgan fingerprint density at radius 1 is 1.00 bits per heavy atom. The standard InChI is InChI=1S/C20H20N2O4S/c1-12-9-17(25-3)18(26-4)10-15(12)21-19(23)16-11-27-20(22-16)13-5-7-14(24-2)8-6-13/h5-11H,1-4H3,(H,21,23). The number of methoxy groups -OCH3 is 3. The van der Waals surface area contributed by atoms with Gasteiger partial charge in [-0.3, -0.25) is 4.79 Å². The molecule has 3 aromatic rings. The van der Waals surface area contributed by atoms with Gasteiger partial charge in [-0.15, -0.1) is 11.3 Å². The fraction of sp³-hybridized carbons (Fsp3) is 0.200. The molecule has 1 N–H and O–H groups in total. The average Bonchev–Trinajstić information content (AvgIpc) is 3.19. The molecule has 0 aliphatic rings. The summed E-state index contributed by atoms with van der Waals surface area (Å²) in [5.74, 6) is 1.66. The molecule has 2 aromatic carbocycles. The Morgan fingerprint density at radius 2 is 1.67 bits per heavy atom. The first-order valence-electron chi connectivity index (χ1n) is 8.19. The van der Waals surface area contributed by atoms with Crippen LogP contribution >= 0.6 is 11.3 Å². The van der Waals surface area contributed by atoms with Crippen molar-refractivity contribution in [3.8, 4) is 27.8 Å². The predicted molar refractivity (Wildman–Crippen MR) is 106 cm³/mol. The number of aryl methyl sites for hydroxylation is 1. The fourth-order valence-corrected chi connectivity index (χ4v) is 3.35. The summed E-state index contributed by atoms with van der Waals surface area (Å²) in [6, 6.07) is 11.1. The van der Waals surface area contributed by atoms with Crippen LogP contribution in [0.4, 0.5) is 5.69 Å². The van der Waals surface area contributed by atoms with Gasteiger partial charge in [0.1, 0.15) is 16.5 Å². The summed E-state index contributed by atoms with van der Waals surface area (Å²) in [6.45, 7) is 1.89. The number of benzene rings is 2. The molecule has 0 fully saturated rings. The monoisotopic (exact) mass is 384 g/mol. The number of anilines is 1. The van der Waals surface area contributed by atoms with Crippen molar-refractivity contribution in [3.05, 3.63) is 53.0 Å². The molecule has 0 spiro atoms. The smallest absolute Gasteiger partial charge is 0.275 e. The summed E-state index contributed by atoms with van der Waals surface area (Å²) in [6.07, 6.45) is 0. The van der Waals surface area contributed by atoms with Crippen molar-refractivity contribution < 1.29 is 19.0 Å². The number of hydrogen-bond donors (Lipinski definition) is 1. The molecule has 140 valence electrons. The normalized spacial score (nSPS) is 10.4. The summed E-state index contributed by atoms with van der Waals surface area (Å²) in [5, 5.41) is 5.40. The Bertz CT molecular complexity index is 951. The van der Waals surface area contributed by atoms with Crippen LogP contribution in [0, 0.1) is 6.92 Å². The first-order valence-corrected chi connectivity index (χ1v) is 9.07. The Kier molecular flexibility index (Phi) is 5.61. The molecule has 27 heavy (non-hydrogen) atoms. The number of thiazole rings is 1. The fourth-order valence-electron chi connectivity index (χ4n) is 2.55. The highest BCUT2D eigenvalue weighted by molar-refractivity contribution is 7.13. The molecule has 0 radical (unpaired) electrons. The largest absolute Gasteiger partial charge is 0.497 e. The molecule has 6 nitrogen and oxygen atoms in total. The molecule has 1 amide bonds. The molecule has 0 saturated heterocycles. The van der Waals surface area contributed by atoms with Crippen LogP contribution in [0.15, 0.2) is 41.8 Å². The lowest BCUT2D eigenvalue weighted by Gasteiger charge is -2.13. The second-order valence-corrected chi connectivity index (χ2v) is 6.60. The Morgan fingerprint density at radius 3 is 2.30 bits per heavy atom. The van der Waals surface area contributed by atoms with E-state index in [9.17, 15) is 4.79 Å². The molecule has 0 saturated carbocycles. The summed E-state index contributed by atoms with van der Waals surface area (Å²) in [4.78, 5) is 17.1. The van der Waals surface area contributed by atoms with Gasteiger partial charge in [-0.1, -0.05) is 0 Å². The van der Waals surface area contributed by atoms with Crippen LogP contribution in [0.3, 0.4) is 0 Å². The SMILES string of the molecule is COc1ccc(-c2nc(C(=O)Nc3cc(OC)c(OC)cc3C)cs2)cc1. The van der Waals surface area contributed by atoms with Crippen molar-refractivity contribution in [2.75, 3.05) is 26.6 Å². The van der Waals surface area contributed by atoms with Gasteiger partial charge in [-0.2, -0.15) is 0 Å². The first kappa shape index (κ1) is 18.7. The molecule has 7 heteroatoms. The van der Waals surface area contributed by atoms with Crippen LogP contribution in [0.2, 0.25) is 0 Å². The minimum absolute atomic E-state index is 0.277. The molecule has 1 aromatic heterocycles. The number of carbonyl (C=O) groups excluding carboxylic acids is 1. The lowest BCUT2D eigenvalue weighted by Crippen LogP contribution is -2.13. The van der Waals surface area contributed by atoms with Crippen LogP contribution in [0.1, 0.15) is 16.1 Å². The number of ether oxygens (including phenoxy) is 3. The number of hydrogen-bond acceptors (Lipinski definition) is 6. The van der Waals surface area contributed by atoms with E-state index < -0.39 is 0 Å². The zero-order valence-electron chi connectivity index (χ0n) is 15.5. The molecule has 3 rings (SSSR count). The van der Waals surface area contributed by atoms with Crippen LogP contribution in [0.25, 0.3) is 10.6 Å². The van der Waals surface area contributed by atoms with E-state index in [1.807, 2.05) is 37.3 Å². The third-order valence-corrected chi connectivity index (χ3v) is 4.94. The van der Waals surface area contributed by atoms with Crippen molar-refractivity contribution >= 4 is 22.9 Å². The van der Waals surface area contributed by atoms with E-state index in [1.165, 1.54) is 11.3 Å². The molecule has 0 aliphatic heterocycles. The Labute approximate surface area is 161 Å². The van der Waals surface area contributed by atoms with Gasteiger partial charge in [0.2, 0.25) is 0 Å². The number of nitrogens with zero attached hydrogens (tertiary/aromatic N) is 1. The lowest BCUT2D eigenvalue weighted by atomic mass is 10.1. The van der Waals surface area contributed by atoms with Crippen molar-refractivity contribution in [3.63, 3.8) is 0 Å². The Balaban J connectivity index is 1.80. The van der Waals surface area contributed by atoms with Gasteiger partial charge in [0, 0.05) is 22.7 Å². The number of aromatic nitrogens is 1. The van der Waals surface area contributed by atoms with Crippen LogP contribution in [-0.2, 0) is 0 Å². The maximum atomic E-state index is 12.6. The van der Waals surface area contributed by atoms with E-state index in [-0.39, 0.29) is 5.91 Å². The zero-order chi connectivity index (χ0) is 19.4. The number of amides is 1. The minimum atomic E-state index is -0.277. The van der Waals surface area contributed by atoms with Crippen molar-refractivity contribution in [2.24, 2.45) is 0 Å². The lowest BCUT2D eigenvalue weighted by molar-refractivity contribution is 0.102. The van der Waals surface area contributed by atoms with Crippen molar-refractivity contribution in [2.45, 2.75) is 6.92 Å². The van der Waals surface area contributed by atoms with E-state index in [1.54, 1.807) is 32.8 Å². The minimum Gasteiger partial charge on any atom is -0.497 e. The van der Waals surface area contributed by atoms with Gasteiger partial charge in [0.05, 0.1) is 21.3 Å². The van der Waals surface area contributed by atoms with Gasteiger partial charge >= 0.3 is 0 Å². The van der Waals surface area contributed by atoms with Crippen LogP contribution in [-0.4, -0.2) is 32.2 Å². The summed E-state index contributed by atoms with van der Waals surface area (Å²) in [7, 11) is 4.75. The van der Waals surface area contributed by atoms with Gasteiger partial charge in [0.25, 0.3) is 5.91 Å². The summed E-state index contributed by atoms with van der Waals surface area (Å²) < 4.78 is 15.7. The van der Waals surface area contributed by atoms with Crippen molar-refractivity contribution in [1.29, 1.82) is 0 Å². The van der Waals surface area contributed by atoms with Gasteiger partial charge in [0.15, 0.2) is 11.5 Å². The van der Waals surface area contributed by atoms with Crippen LogP contribution in [0.5, 0.6) is 17.2 Å². The highest BCUT2D eigenvalue weighted by Gasteiger charge is 2.15. The summed E-state index contributed by atoms with van der Waals surface area (Å²) >= 11 is 1.42. The highest BCUT2D eigenvalue weighted by Crippen LogP contribution is 2.33. The maximum Gasteiger partial charge on any atom is 0.275 e. The van der Waals surface area contributed by atoms with Crippen LogP contribution < -0.4 is 19.5 Å². The highest BCUT2D eigenvalue weighted by atomic mass is 32.1. The predicted octanol–water partition coefficient (Wildman–Crippen LogP) is 4.40. The topological polar surface area (TPSA) is 69.7 Å². The zero-order valence-corrected chi connectivity index (χ0v) is 16.3. The van der Waals surface area contributed by atoms with Gasteiger partial charge in [-0.25, -0.2) is 4.98 Å². The summed E-state index contributed by atoms with van der Waals surface area (Å²) in [5.41, 5.74) is 2.81. The van der Waals surface area contributed by atoms with E-state index in [4.69, 9.17) is 14.2 Å². The molecule has 1 heterocycles. The average molecular weight is 384 g/mol. The first-order chi connectivity index (χ1) is 13.0. The second kappa shape index (κ2) is 8.09. The number of nitrogens with one attached hydrogen (secondary N) is 1. The molecule has 0 aliphatic carbocycles. The third-order valence-electron chi connectivity index (χ3n) is 4.05. The molecule has 0 atom stereocenters. The van der Waals surface area contributed by atoms with Gasteiger partial charge in [-0.05, 0) is 42.8 Å². The second-order valence-electron chi connectivity index (χ2n) is 5.74.